The largest absolute Gasteiger partial charge is 0.508 e. The summed E-state index contributed by atoms with van der Waals surface area (Å²) in [6, 6.07) is 18.1. The fourth-order valence-corrected chi connectivity index (χ4v) is 3.95. The lowest BCUT2D eigenvalue weighted by molar-refractivity contribution is -0.136. The number of nitrogens with one attached hydrogen (secondary N) is 2. The van der Waals surface area contributed by atoms with Gasteiger partial charge in [-0.3, -0.25) is 14.5 Å². The van der Waals surface area contributed by atoms with Crippen molar-refractivity contribution in [1.82, 2.24) is 10.2 Å². The number of benzene rings is 3. The van der Waals surface area contributed by atoms with Gasteiger partial charge in [0, 0.05) is 18.2 Å². The fourth-order valence-electron chi connectivity index (χ4n) is 3.95. The van der Waals surface area contributed by atoms with Crippen molar-refractivity contribution in [2.45, 2.75) is 44.9 Å². The van der Waals surface area contributed by atoms with E-state index in [0.717, 1.165) is 4.90 Å². The van der Waals surface area contributed by atoms with E-state index in [2.05, 4.69) is 16.7 Å². The van der Waals surface area contributed by atoms with E-state index in [4.69, 9.17) is 15.9 Å². The van der Waals surface area contributed by atoms with E-state index < -0.39 is 35.6 Å². The van der Waals surface area contributed by atoms with Gasteiger partial charge >= 0.3 is 6.09 Å². The van der Waals surface area contributed by atoms with Gasteiger partial charge in [-0.05, 0) is 80.4 Å². The number of carbonyl (C=O) groups excluding carboxylic acids is 3. The molecule has 3 aromatic rings. The van der Waals surface area contributed by atoms with Crippen LogP contribution in [0.25, 0.3) is 0 Å². The molecule has 0 aliphatic carbocycles. The Bertz CT molecular complexity index is 1410. The lowest BCUT2D eigenvalue weighted by Gasteiger charge is -2.30. The van der Waals surface area contributed by atoms with E-state index in [1.54, 1.807) is 63.2 Å². The van der Waals surface area contributed by atoms with Crippen molar-refractivity contribution in [2.75, 3.05) is 12.4 Å². The molecule has 0 spiro atoms. The summed E-state index contributed by atoms with van der Waals surface area (Å²) in [6.45, 7) is 5.04. The molecule has 2 unspecified atom stereocenters. The van der Waals surface area contributed by atoms with Crippen LogP contribution in [0.3, 0.4) is 0 Å². The number of rotatable bonds is 9. The first-order valence-electron chi connectivity index (χ1n) is 12.7. The summed E-state index contributed by atoms with van der Waals surface area (Å²) in [5.41, 5.74) is 0.413. The third kappa shape index (κ3) is 8.66. The molecule has 0 saturated heterocycles. The number of hydrogen-bond acceptors (Lipinski definition) is 7. The Morgan fingerprint density at radius 2 is 1.63 bits per heavy atom. The molecule has 4 N–H and O–H groups in total. The third-order valence-corrected chi connectivity index (χ3v) is 5.79. The second-order valence-corrected chi connectivity index (χ2v) is 10.1. The highest BCUT2D eigenvalue weighted by molar-refractivity contribution is 5.99. The van der Waals surface area contributed by atoms with Gasteiger partial charge in [-0.2, -0.15) is 0 Å². The van der Waals surface area contributed by atoms with Gasteiger partial charge < -0.3 is 30.3 Å². The molecule has 0 fully saturated rings. The van der Waals surface area contributed by atoms with E-state index in [-0.39, 0.29) is 23.5 Å². The first kappa shape index (κ1) is 30.4. The molecule has 2 atom stereocenters. The van der Waals surface area contributed by atoms with Crippen molar-refractivity contribution in [3.8, 4) is 29.7 Å². The molecule has 0 aliphatic rings. The summed E-state index contributed by atoms with van der Waals surface area (Å²) in [7, 11) is 1.52. The molecular formula is C31H33N3O7. The van der Waals surface area contributed by atoms with E-state index >= 15 is 0 Å². The van der Waals surface area contributed by atoms with Crippen molar-refractivity contribution in [2.24, 2.45) is 0 Å². The number of amides is 3. The highest BCUT2D eigenvalue weighted by atomic mass is 16.6. The molecular weight excluding hydrogens is 526 g/mol. The van der Waals surface area contributed by atoms with Crippen molar-refractivity contribution < 1.29 is 34.1 Å². The summed E-state index contributed by atoms with van der Waals surface area (Å²) in [5.74, 6) is -0.960. The van der Waals surface area contributed by atoms with E-state index in [1.807, 2.05) is 0 Å². The van der Waals surface area contributed by atoms with E-state index in [1.165, 1.54) is 37.4 Å². The number of anilines is 1. The van der Waals surface area contributed by atoms with E-state index in [9.17, 15) is 24.6 Å². The Kier molecular flexibility index (Phi) is 9.82. The summed E-state index contributed by atoms with van der Waals surface area (Å²) in [5, 5.41) is 25.1. The highest BCUT2D eigenvalue weighted by Crippen LogP contribution is 2.27. The molecule has 0 saturated carbocycles. The van der Waals surface area contributed by atoms with Crippen LogP contribution in [0, 0.1) is 12.5 Å². The minimum atomic E-state index is -1.38. The van der Waals surface area contributed by atoms with Gasteiger partial charge in [-0.15, -0.1) is 0 Å². The molecule has 41 heavy (non-hydrogen) atoms. The maximum absolute atomic E-state index is 14.0. The molecule has 0 aromatic heterocycles. The number of phenolic OH excluding ortho intramolecular Hbond substituents is 2. The molecule has 0 radical (unpaired) electrons. The van der Waals surface area contributed by atoms with Crippen LogP contribution in [0.5, 0.6) is 17.2 Å². The van der Waals surface area contributed by atoms with Gasteiger partial charge in [0.05, 0.1) is 7.11 Å². The highest BCUT2D eigenvalue weighted by Gasteiger charge is 2.36. The summed E-state index contributed by atoms with van der Waals surface area (Å²) >= 11 is 0. The van der Waals surface area contributed by atoms with Crippen LogP contribution in [-0.2, 0) is 20.7 Å². The molecule has 214 valence electrons. The zero-order valence-corrected chi connectivity index (χ0v) is 23.3. The second kappa shape index (κ2) is 13.3. The Morgan fingerprint density at radius 1 is 0.976 bits per heavy atom. The maximum Gasteiger partial charge on any atom is 0.408 e. The minimum Gasteiger partial charge on any atom is -0.508 e. The van der Waals surface area contributed by atoms with Crippen LogP contribution >= 0.6 is 0 Å². The van der Waals surface area contributed by atoms with E-state index in [0.29, 0.717) is 17.0 Å². The number of nitrogens with zero attached hydrogens (tertiary/aromatic N) is 1. The summed E-state index contributed by atoms with van der Waals surface area (Å²) in [4.78, 5) is 41.2. The zero-order valence-electron chi connectivity index (χ0n) is 23.3. The van der Waals surface area contributed by atoms with Crippen LogP contribution in [0.1, 0.15) is 37.9 Å². The van der Waals surface area contributed by atoms with Gasteiger partial charge in [-0.1, -0.05) is 30.7 Å². The molecule has 0 bridgehead atoms. The van der Waals surface area contributed by atoms with Crippen molar-refractivity contribution in [3.05, 3.63) is 83.9 Å². The smallest absolute Gasteiger partial charge is 0.408 e. The normalized spacial score (nSPS) is 12.3. The number of carbonyl (C=O) groups is 3. The number of terminal acetylenes is 1. The van der Waals surface area contributed by atoms with Crippen LogP contribution < -0.4 is 15.4 Å². The van der Waals surface area contributed by atoms with Gasteiger partial charge in [0.15, 0.2) is 0 Å². The quantitative estimate of drug-likeness (QED) is 0.226. The summed E-state index contributed by atoms with van der Waals surface area (Å²) < 4.78 is 10.5. The number of methoxy groups -OCH3 is 1. The maximum atomic E-state index is 14.0. The van der Waals surface area contributed by atoms with Crippen LogP contribution in [0.15, 0.2) is 72.8 Å². The third-order valence-electron chi connectivity index (χ3n) is 5.79. The molecule has 0 heterocycles. The molecule has 10 nitrogen and oxygen atoms in total. The monoisotopic (exact) mass is 559 g/mol. The van der Waals surface area contributed by atoms with Crippen LogP contribution in [0.2, 0.25) is 0 Å². The number of aromatic hydroxyl groups is 2. The van der Waals surface area contributed by atoms with Crippen LogP contribution in [0.4, 0.5) is 10.5 Å². The lowest BCUT2D eigenvalue weighted by Crippen LogP contribution is -2.51. The topological polar surface area (TPSA) is 137 Å². The lowest BCUT2D eigenvalue weighted by atomic mass is 10.0. The summed E-state index contributed by atoms with van der Waals surface area (Å²) in [6.07, 6.45) is 4.94. The predicted molar refractivity (Wildman–Crippen MR) is 153 cm³/mol. The van der Waals surface area contributed by atoms with Crippen LogP contribution in [-0.4, -0.2) is 51.8 Å². The van der Waals surface area contributed by atoms with Gasteiger partial charge in [0.25, 0.3) is 11.8 Å². The first-order chi connectivity index (χ1) is 19.4. The SMILES string of the molecule is C#CN(C(=O)C(Cc1ccc(O)cc1)NC(=O)OC(C)(C)C)C(C(=O)Nc1ccc(OC)cc1)c1cccc(O)c1. The Balaban J connectivity index is 2.00. The van der Waals surface area contributed by atoms with Gasteiger partial charge in [-0.25, -0.2) is 4.79 Å². The molecule has 0 aliphatic heterocycles. The average Bonchev–Trinajstić information content (AvgIpc) is 2.91. The number of hydrogen-bond donors (Lipinski definition) is 4. The molecule has 3 amide bonds. The minimum absolute atomic E-state index is 0.0244. The van der Waals surface area contributed by atoms with Gasteiger partial charge in [0.1, 0.15) is 34.9 Å². The van der Waals surface area contributed by atoms with Crippen molar-refractivity contribution in [1.29, 1.82) is 0 Å². The number of ether oxygens (including phenoxy) is 2. The Morgan fingerprint density at radius 3 is 2.20 bits per heavy atom. The first-order valence-corrected chi connectivity index (χ1v) is 12.7. The number of alkyl carbamates (subject to hydrolysis) is 1. The van der Waals surface area contributed by atoms with Crippen molar-refractivity contribution in [3.63, 3.8) is 0 Å². The predicted octanol–water partition coefficient (Wildman–Crippen LogP) is 4.34. The standard InChI is InChI=1S/C31H33N3O7/c1-6-34(29(38)26(33-30(39)41-31(2,3)4)18-20-10-14-23(35)15-11-20)27(21-8-7-9-24(36)19-21)28(37)32-22-12-16-25(40-5)17-13-22/h1,7-17,19,26-27,35-36H,18H2,2-5H3,(H,32,37)(H,33,39). The molecule has 3 aromatic carbocycles. The zero-order chi connectivity index (χ0) is 30.2. The van der Waals surface area contributed by atoms with Gasteiger partial charge in [0.2, 0.25) is 0 Å². The molecule has 3 rings (SSSR count). The fraction of sp³-hybridized carbons (Fsp3) is 0.258. The molecule has 10 heteroatoms. The Labute approximate surface area is 238 Å². The average molecular weight is 560 g/mol. The Hall–Kier alpha value is -5.17. The second-order valence-electron chi connectivity index (χ2n) is 10.1. The number of phenols is 2. The van der Waals surface area contributed by atoms with Crippen molar-refractivity contribution >= 4 is 23.6 Å².